The molecule has 6 rings (SSSR count). The summed E-state index contributed by atoms with van der Waals surface area (Å²) in [6, 6.07) is 31.4. The summed E-state index contributed by atoms with van der Waals surface area (Å²) in [5.74, 6) is 0.546. The predicted molar refractivity (Wildman–Crippen MR) is 188 cm³/mol. The fourth-order valence-electron chi connectivity index (χ4n) is 7.69. The van der Waals surface area contributed by atoms with E-state index in [2.05, 4.69) is 48.1 Å². The number of benzene rings is 4. The van der Waals surface area contributed by atoms with E-state index >= 15 is 0 Å². The molecule has 4 atom stereocenters. The fourth-order valence-corrected chi connectivity index (χ4v) is 12.1. The van der Waals surface area contributed by atoms with Gasteiger partial charge in [0.15, 0.2) is 5.60 Å². The lowest BCUT2D eigenvalue weighted by atomic mass is 9.82. The molecule has 0 aliphatic carbocycles. The van der Waals surface area contributed by atoms with E-state index in [1.165, 1.54) is 5.19 Å². The van der Waals surface area contributed by atoms with Gasteiger partial charge in [0.05, 0.1) is 33.5 Å². The number of fused-ring (bicyclic) bond motifs is 2. The minimum Gasteiger partial charge on any atom is -0.497 e. The highest BCUT2D eigenvalue weighted by Gasteiger charge is 2.66. The van der Waals surface area contributed by atoms with E-state index in [0.29, 0.717) is 13.0 Å². The third kappa shape index (κ3) is 5.39. The molecule has 2 heterocycles. The number of aliphatic hydroxyl groups excluding tert-OH is 1. The minimum atomic E-state index is -2.27. The summed E-state index contributed by atoms with van der Waals surface area (Å²) in [6.07, 6.45) is 0.958. The number of para-hydroxylation sites is 1. The zero-order valence-corrected chi connectivity index (χ0v) is 29.1. The number of amides is 2. The molecule has 2 aliphatic rings. The third-order valence-corrected chi connectivity index (χ3v) is 14.7. The number of halogens is 1. The number of ether oxygens (including phenoxy) is 2. The van der Waals surface area contributed by atoms with Crippen LogP contribution >= 0.6 is 15.9 Å². The lowest BCUT2D eigenvalue weighted by Gasteiger charge is -2.37. The van der Waals surface area contributed by atoms with Gasteiger partial charge in [0.2, 0.25) is 6.41 Å². The Balaban J connectivity index is 1.39. The summed E-state index contributed by atoms with van der Waals surface area (Å²) in [6.45, 7) is 7.10. The van der Waals surface area contributed by atoms with Gasteiger partial charge in [-0.3, -0.25) is 14.5 Å². The Hall–Kier alpha value is -3.76. The molecule has 1 saturated heterocycles. The number of methoxy groups -OCH3 is 1. The topological polar surface area (TPSA) is 79.3 Å². The van der Waals surface area contributed by atoms with Gasteiger partial charge in [0, 0.05) is 33.9 Å². The van der Waals surface area contributed by atoms with Gasteiger partial charge in [0.25, 0.3) is 5.91 Å². The van der Waals surface area contributed by atoms with E-state index in [1.54, 1.807) is 12.0 Å². The van der Waals surface area contributed by atoms with Crippen molar-refractivity contribution < 1.29 is 24.2 Å². The van der Waals surface area contributed by atoms with Gasteiger partial charge in [-0.05, 0) is 72.1 Å². The maximum Gasteiger partial charge on any atom is 0.264 e. The largest absolute Gasteiger partial charge is 0.497 e. The molecule has 46 heavy (non-hydrogen) atoms. The predicted octanol–water partition coefficient (Wildman–Crippen LogP) is 6.90. The molecule has 0 aromatic heterocycles. The van der Waals surface area contributed by atoms with Crippen LogP contribution in [0.2, 0.25) is 18.6 Å². The zero-order chi connectivity index (χ0) is 32.6. The molecule has 0 unspecified atom stereocenters. The molecule has 1 N–H and O–H groups in total. The van der Waals surface area contributed by atoms with Gasteiger partial charge in [-0.15, -0.1) is 0 Å². The Morgan fingerprint density at radius 2 is 1.72 bits per heavy atom. The van der Waals surface area contributed by atoms with Crippen LogP contribution in [0.25, 0.3) is 0 Å². The zero-order valence-electron chi connectivity index (χ0n) is 26.5. The van der Waals surface area contributed by atoms with Crippen LogP contribution in [-0.4, -0.2) is 45.3 Å². The average Bonchev–Trinajstić information content (AvgIpc) is 3.48. The van der Waals surface area contributed by atoms with E-state index in [4.69, 9.17) is 9.47 Å². The smallest absolute Gasteiger partial charge is 0.264 e. The highest BCUT2D eigenvalue weighted by atomic mass is 79.9. The summed E-state index contributed by atoms with van der Waals surface area (Å²) >= 11 is 3.66. The minimum absolute atomic E-state index is 0.0260. The summed E-state index contributed by atoms with van der Waals surface area (Å²) in [7, 11) is -0.606. The number of hydrogen-bond donors (Lipinski definition) is 1. The van der Waals surface area contributed by atoms with Crippen LogP contribution in [-0.2, 0) is 26.5 Å². The molecule has 4 aromatic rings. The molecule has 7 nitrogen and oxygen atoms in total. The third-order valence-electron chi connectivity index (χ3n) is 9.88. The molecule has 4 aromatic carbocycles. The Kier molecular flexibility index (Phi) is 8.95. The fraction of sp³-hybridized carbons (Fsp3) is 0.297. The number of carbonyl (C=O) groups excluding carboxylic acids is 2. The van der Waals surface area contributed by atoms with Crippen LogP contribution in [0.15, 0.2) is 102 Å². The van der Waals surface area contributed by atoms with Crippen LogP contribution in [0.4, 0.5) is 17.1 Å². The average molecular weight is 700 g/mol. The Labute approximate surface area is 279 Å². The molecule has 2 aliphatic heterocycles. The van der Waals surface area contributed by atoms with Crippen molar-refractivity contribution in [2.75, 3.05) is 23.5 Å². The summed E-state index contributed by atoms with van der Waals surface area (Å²) in [4.78, 5) is 30.5. The molecular formula is C37H39BrN2O5Si. The normalized spacial score (nSPS) is 22.3. The molecule has 238 valence electrons. The molecule has 1 fully saturated rings. The highest BCUT2D eigenvalue weighted by Crippen LogP contribution is 2.60. The van der Waals surface area contributed by atoms with Crippen molar-refractivity contribution in [3.63, 3.8) is 0 Å². The first-order valence-electron chi connectivity index (χ1n) is 15.6. The van der Waals surface area contributed by atoms with Crippen molar-refractivity contribution in [1.29, 1.82) is 0 Å². The number of carbonyl (C=O) groups is 2. The van der Waals surface area contributed by atoms with Gasteiger partial charge in [-0.1, -0.05) is 83.6 Å². The van der Waals surface area contributed by atoms with E-state index in [1.807, 2.05) is 89.8 Å². The van der Waals surface area contributed by atoms with Crippen molar-refractivity contribution in [1.82, 2.24) is 0 Å². The molecule has 9 heteroatoms. The number of rotatable bonds is 10. The standard InChI is InChI=1S/C37H39BrN2O5Si/c1-25-35(46(3,4)31-16-14-30(44-2)15-17-31)34(19-20-41)45-37(25)32-22-27(38)13-18-33(32)39(36(37)43)23-26-9-8-12-29(21-26)40(24-42)28-10-6-5-7-11-28/h5-18,21-22,24-25,34-35,41H,19-20,23H2,1-4H3/t25-,34+,35-,37+/m1/s1. The maximum absolute atomic E-state index is 14.9. The van der Waals surface area contributed by atoms with Crippen LogP contribution in [0.1, 0.15) is 24.5 Å². The molecule has 0 saturated carbocycles. The van der Waals surface area contributed by atoms with Gasteiger partial charge in [-0.2, -0.15) is 0 Å². The highest BCUT2D eigenvalue weighted by molar-refractivity contribution is 9.10. The van der Waals surface area contributed by atoms with Gasteiger partial charge in [-0.25, -0.2) is 0 Å². The number of nitrogens with zero attached hydrogens (tertiary/aromatic N) is 2. The van der Waals surface area contributed by atoms with Crippen LogP contribution in [0.3, 0.4) is 0 Å². The maximum atomic E-state index is 14.9. The number of anilines is 3. The van der Waals surface area contributed by atoms with E-state index in [9.17, 15) is 14.7 Å². The monoisotopic (exact) mass is 698 g/mol. The van der Waals surface area contributed by atoms with Gasteiger partial charge < -0.3 is 19.5 Å². The first-order valence-corrected chi connectivity index (χ1v) is 19.5. The van der Waals surface area contributed by atoms with Crippen LogP contribution in [0, 0.1) is 5.92 Å². The number of hydrogen-bond acceptors (Lipinski definition) is 5. The van der Waals surface area contributed by atoms with Crippen molar-refractivity contribution in [3.8, 4) is 5.75 Å². The second kappa shape index (κ2) is 12.8. The Morgan fingerprint density at radius 3 is 2.39 bits per heavy atom. The molecule has 0 bridgehead atoms. The van der Waals surface area contributed by atoms with Crippen molar-refractivity contribution in [2.45, 2.75) is 50.2 Å². The second-order valence-corrected chi connectivity index (χ2v) is 18.3. The number of aliphatic hydroxyl groups is 1. The molecular weight excluding hydrogens is 660 g/mol. The molecule has 0 radical (unpaired) electrons. The van der Waals surface area contributed by atoms with E-state index in [-0.39, 0.29) is 30.1 Å². The lowest BCUT2D eigenvalue weighted by molar-refractivity contribution is -0.146. The van der Waals surface area contributed by atoms with Gasteiger partial charge >= 0.3 is 0 Å². The van der Waals surface area contributed by atoms with E-state index < -0.39 is 13.7 Å². The Bertz CT molecular complexity index is 1730. The quantitative estimate of drug-likeness (QED) is 0.144. The molecule has 1 spiro atoms. The summed E-state index contributed by atoms with van der Waals surface area (Å²) in [5.41, 5.74) is 2.89. The molecule has 2 amide bonds. The van der Waals surface area contributed by atoms with Gasteiger partial charge in [0.1, 0.15) is 5.75 Å². The van der Waals surface area contributed by atoms with E-state index in [0.717, 1.165) is 44.8 Å². The Morgan fingerprint density at radius 1 is 1.00 bits per heavy atom. The SMILES string of the molecule is COc1ccc([Si](C)(C)[C@H]2[C@H](CCO)O[C@@]3(C(=O)N(Cc4cccc(N(C=O)c5ccccc5)c4)c4ccc(Br)cc43)[C@@H]2C)cc1. The van der Waals surface area contributed by atoms with Crippen LogP contribution in [0.5, 0.6) is 5.75 Å². The first-order chi connectivity index (χ1) is 22.1. The van der Waals surface area contributed by atoms with Crippen molar-refractivity contribution in [2.24, 2.45) is 5.92 Å². The summed E-state index contributed by atoms with van der Waals surface area (Å²) in [5, 5.41) is 11.4. The van der Waals surface area contributed by atoms with Crippen molar-refractivity contribution in [3.05, 3.63) is 113 Å². The summed E-state index contributed by atoms with van der Waals surface area (Å²) < 4.78 is 13.3. The van der Waals surface area contributed by atoms with Crippen LogP contribution < -0.4 is 19.7 Å². The first kappa shape index (κ1) is 32.2. The lowest BCUT2D eigenvalue weighted by Crippen LogP contribution is -2.51. The van der Waals surface area contributed by atoms with Crippen molar-refractivity contribution >= 4 is 58.6 Å². The second-order valence-electron chi connectivity index (χ2n) is 12.7.